The van der Waals surface area contributed by atoms with Crippen LogP contribution in [0.2, 0.25) is 0 Å². The summed E-state index contributed by atoms with van der Waals surface area (Å²) >= 11 is 3.39. The molecule has 0 unspecified atom stereocenters. The van der Waals surface area contributed by atoms with Gasteiger partial charge in [-0.3, -0.25) is 0 Å². The van der Waals surface area contributed by atoms with Crippen LogP contribution in [0.1, 0.15) is 0 Å². The number of halogens is 1. The summed E-state index contributed by atoms with van der Waals surface area (Å²) in [5.41, 5.74) is 2.11. The Morgan fingerprint density at radius 2 is 1.91 bits per heavy atom. The second kappa shape index (κ2) is 7.19. The Balaban J connectivity index is 1.79. The number of aromatic nitrogens is 1. The maximum Gasteiger partial charge on any atom is 0.144 e. The molecule has 0 atom stereocenters. The van der Waals surface area contributed by atoms with Crippen LogP contribution in [0.5, 0.6) is 5.75 Å². The Hall–Kier alpha value is -1.79. The summed E-state index contributed by atoms with van der Waals surface area (Å²) in [5, 5.41) is 3.31. The highest BCUT2D eigenvalue weighted by Crippen LogP contribution is 2.32. The third kappa shape index (κ3) is 3.95. The van der Waals surface area contributed by atoms with Crippen molar-refractivity contribution in [3.05, 3.63) is 41.0 Å². The van der Waals surface area contributed by atoms with Crippen LogP contribution in [0, 0.1) is 0 Å². The van der Waals surface area contributed by atoms with Gasteiger partial charge in [0.05, 0.1) is 12.8 Å². The van der Waals surface area contributed by atoms with E-state index in [0.29, 0.717) is 0 Å². The highest BCUT2D eigenvalue weighted by atomic mass is 79.9. The van der Waals surface area contributed by atoms with E-state index in [1.54, 1.807) is 7.11 Å². The van der Waals surface area contributed by atoms with E-state index in [0.717, 1.165) is 48.0 Å². The van der Waals surface area contributed by atoms with E-state index in [-0.39, 0.29) is 0 Å². The molecule has 1 fully saturated rings. The lowest BCUT2D eigenvalue weighted by Gasteiger charge is -2.34. The second-order valence-electron chi connectivity index (χ2n) is 5.65. The van der Waals surface area contributed by atoms with Crippen molar-refractivity contribution in [2.75, 3.05) is 50.6 Å². The number of anilines is 3. The third-order valence-corrected chi connectivity index (χ3v) is 4.47. The largest absolute Gasteiger partial charge is 0.494 e. The molecule has 23 heavy (non-hydrogen) atoms. The van der Waals surface area contributed by atoms with Gasteiger partial charge in [-0.1, -0.05) is 6.07 Å². The van der Waals surface area contributed by atoms with Crippen molar-refractivity contribution in [3.8, 4) is 5.75 Å². The van der Waals surface area contributed by atoms with E-state index in [4.69, 9.17) is 4.74 Å². The molecule has 1 aliphatic heterocycles. The van der Waals surface area contributed by atoms with Crippen molar-refractivity contribution in [1.82, 2.24) is 9.88 Å². The van der Waals surface area contributed by atoms with Gasteiger partial charge in [0.2, 0.25) is 0 Å². The van der Waals surface area contributed by atoms with Gasteiger partial charge in [-0.15, -0.1) is 0 Å². The standard InChI is InChI=1S/C17H21BrN4O/c1-21-8-10-22(11-9-21)13-6-7-14(15(12-13)23-2)19-17-5-3-4-16(18)20-17/h3-7,12H,8-11H2,1-2H3,(H,19,20). The first kappa shape index (κ1) is 16.1. The fourth-order valence-electron chi connectivity index (χ4n) is 2.66. The van der Waals surface area contributed by atoms with Gasteiger partial charge in [-0.2, -0.15) is 0 Å². The number of rotatable bonds is 4. The quantitative estimate of drug-likeness (QED) is 0.828. The highest BCUT2D eigenvalue weighted by Gasteiger charge is 2.16. The molecule has 5 nitrogen and oxygen atoms in total. The van der Waals surface area contributed by atoms with Crippen LogP contribution in [0.4, 0.5) is 17.2 Å². The van der Waals surface area contributed by atoms with Crippen LogP contribution >= 0.6 is 15.9 Å². The molecule has 1 aromatic heterocycles. The van der Waals surface area contributed by atoms with Crippen molar-refractivity contribution in [3.63, 3.8) is 0 Å². The molecule has 0 amide bonds. The predicted octanol–water partition coefficient (Wildman–Crippen LogP) is 3.35. The van der Waals surface area contributed by atoms with Crippen LogP contribution in [0.3, 0.4) is 0 Å². The fourth-order valence-corrected chi connectivity index (χ4v) is 3.00. The summed E-state index contributed by atoms with van der Waals surface area (Å²) in [5.74, 6) is 1.60. The predicted molar refractivity (Wildman–Crippen MR) is 97.9 cm³/mol. The molecule has 2 heterocycles. The molecule has 1 aliphatic rings. The summed E-state index contributed by atoms with van der Waals surface area (Å²) in [6.07, 6.45) is 0. The maximum atomic E-state index is 5.56. The average Bonchev–Trinajstić information content (AvgIpc) is 2.56. The molecule has 0 spiro atoms. The number of nitrogens with zero attached hydrogens (tertiary/aromatic N) is 3. The SMILES string of the molecule is COc1cc(N2CCN(C)CC2)ccc1Nc1cccc(Br)n1. The monoisotopic (exact) mass is 376 g/mol. The molecule has 6 heteroatoms. The van der Waals surface area contributed by atoms with Crippen molar-refractivity contribution < 1.29 is 4.74 Å². The molecule has 0 saturated carbocycles. The van der Waals surface area contributed by atoms with Gasteiger partial charge in [0, 0.05) is 37.9 Å². The number of methoxy groups -OCH3 is 1. The molecule has 1 aromatic carbocycles. The minimum atomic E-state index is 0.782. The number of hydrogen-bond acceptors (Lipinski definition) is 5. The van der Waals surface area contributed by atoms with E-state index in [1.165, 1.54) is 5.69 Å². The van der Waals surface area contributed by atoms with Gasteiger partial charge in [-0.25, -0.2) is 4.98 Å². The number of nitrogens with one attached hydrogen (secondary N) is 1. The van der Waals surface area contributed by atoms with Crippen LogP contribution in [-0.2, 0) is 0 Å². The van der Waals surface area contributed by atoms with Crippen LogP contribution < -0.4 is 15.0 Å². The molecule has 0 aliphatic carbocycles. The van der Waals surface area contributed by atoms with Crippen molar-refractivity contribution in [2.24, 2.45) is 0 Å². The summed E-state index contributed by atoms with van der Waals surface area (Å²) < 4.78 is 6.36. The van der Waals surface area contributed by atoms with Gasteiger partial charge in [0.25, 0.3) is 0 Å². The van der Waals surface area contributed by atoms with Gasteiger partial charge >= 0.3 is 0 Å². The minimum absolute atomic E-state index is 0.782. The van der Waals surface area contributed by atoms with Crippen molar-refractivity contribution in [1.29, 1.82) is 0 Å². The maximum absolute atomic E-state index is 5.56. The number of pyridine rings is 1. The van der Waals surface area contributed by atoms with Gasteiger partial charge in [0.1, 0.15) is 16.2 Å². The molecule has 2 aromatic rings. The average molecular weight is 377 g/mol. The zero-order valence-corrected chi connectivity index (χ0v) is 15.0. The van der Waals surface area contributed by atoms with Crippen LogP contribution in [0.25, 0.3) is 0 Å². The van der Waals surface area contributed by atoms with E-state index >= 15 is 0 Å². The zero-order chi connectivity index (χ0) is 16.2. The number of piperazine rings is 1. The van der Waals surface area contributed by atoms with E-state index in [2.05, 4.69) is 61.3 Å². The van der Waals surface area contributed by atoms with Crippen LogP contribution in [-0.4, -0.2) is 50.2 Å². The minimum Gasteiger partial charge on any atom is -0.494 e. The first-order valence-electron chi connectivity index (χ1n) is 7.67. The molecule has 1 saturated heterocycles. The summed E-state index contributed by atoms with van der Waals surface area (Å²) in [6.45, 7) is 4.26. The number of ether oxygens (including phenoxy) is 1. The van der Waals surface area contributed by atoms with Crippen molar-refractivity contribution >= 4 is 33.1 Å². The molecule has 1 N–H and O–H groups in total. The smallest absolute Gasteiger partial charge is 0.144 e. The highest BCUT2D eigenvalue weighted by molar-refractivity contribution is 9.10. The fraction of sp³-hybridized carbons (Fsp3) is 0.353. The normalized spacial score (nSPS) is 15.5. The molecule has 0 bridgehead atoms. The van der Waals surface area contributed by atoms with Crippen LogP contribution in [0.15, 0.2) is 41.0 Å². The summed E-state index contributed by atoms with van der Waals surface area (Å²) in [6, 6.07) is 12.1. The number of hydrogen-bond donors (Lipinski definition) is 1. The van der Waals surface area contributed by atoms with Crippen molar-refractivity contribution in [2.45, 2.75) is 0 Å². The summed E-state index contributed by atoms with van der Waals surface area (Å²) in [7, 11) is 3.86. The number of benzene rings is 1. The lowest BCUT2D eigenvalue weighted by atomic mass is 10.2. The molecule has 3 rings (SSSR count). The first-order chi connectivity index (χ1) is 11.2. The topological polar surface area (TPSA) is 40.6 Å². The third-order valence-electron chi connectivity index (χ3n) is 4.03. The first-order valence-corrected chi connectivity index (χ1v) is 8.46. The lowest BCUT2D eigenvalue weighted by Crippen LogP contribution is -2.44. The van der Waals surface area contributed by atoms with Gasteiger partial charge < -0.3 is 19.9 Å². The number of likely N-dealkylation sites (N-methyl/N-ethyl adjacent to an activating group) is 1. The Bertz CT molecular complexity index is 671. The lowest BCUT2D eigenvalue weighted by molar-refractivity contribution is 0.312. The molecule has 0 radical (unpaired) electrons. The summed E-state index contributed by atoms with van der Waals surface area (Å²) in [4.78, 5) is 9.14. The molecule has 122 valence electrons. The second-order valence-corrected chi connectivity index (χ2v) is 6.46. The van der Waals surface area contributed by atoms with E-state index in [9.17, 15) is 0 Å². The van der Waals surface area contributed by atoms with E-state index in [1.807, 2.05) is 18.2 Å². The Morgan fingerprint density at radius 1 is 1.13 bits per heavy atom. The zero-order valence-electron chi connectivity index (χ0n) is 13.4. The Morgan fingerprint density at radius 3 is 2.61 bits per heavy atom. The molecular formula is C17H21BrN4O. The van der Waals surface area contributed by atoms with E-state index < -0.39 is 0 Å². The van der Waals surface area contributed by atoms with Gasteiger partial charge in [0.15, 0.2) is 0 Å². The Labute approximate surface area is 145 Å². The molecular weight excluding hydrogens is 356 g/mol. The Kier molecular flexibility index (Phi) is 5.03. The van der Waals surface area contributed by atoms with Gasteiger partial charge in [-0.05, 0) is 47.2 Å².